The number of rotatable bonds is 10. The lowest BCUT2D eigenvalue weighted by atomic mass is 10.2. The Hall–Kier alpha value is -5.00. The van der Waals surface area contributed by atoms with Crippen LogP contribution in [-0.2, 0) is 14.3 Å². The molecule has 198 valence electrons. The molecule has 12 heteroatoms. The van der Waals surface area contributed by atoms with Gasteiger partial charge in [-0.25, -0.2) is 9.78 Å². The Morgan fingerprint density at radius 1 is 0.895 bits per heavy atom. The van der Waals surface area contributed by atoms with Gasteiger partial charge in [-0.2, -0.15) is 0 Å². The number of nitrogens with one attached hydrogen (secondary N) is 2. The molecule has 0 saturated heterocycles. The van der Waals surface area contributed by atoms with Crippen molar-refractivity contribution in [3.8, 4) is 5.75 Å². The van der Waals surface area contributed by atoms with E-state index in [9.17, 15) is 14.4 Å². The van der Waals surface area contributed by atoms with E-state index in [1.165, 1.54) is 19.1 Å². The van der Waals surface area contributed by atoms with E-state index < -0.39 is 18.4 Å². The van der Waals surface area contributed by atoms with Crippen LogP contribution in [-0.4, -0.2) is 41.9 Å². The third-order valence-corrected chi connectivity index (χ3v) is 4.63. The number of nitrogens with zero attached hydrogens (tertiary/aromatic N) is 3. The molecule has 0 spiro atoms. The van der Waals surface area contributed by atoms with Crippen molar-refractivity contribution in [3.63, 3.8) is 0 Å². The smallest absolute Gasteiger partial charge is 0.453 e. The van der Waals surface area contributed by atoms with E-state index in [0.717, 1.165) is 0 Å². The molecule has 38 heavy (non-hydrogen) atoms. The van der Waals surface area contributed by atoms with Gasteiger partial charge in [0.05, 0.1) is 12.6 Å². The van der Waals surface area contributed by atoms with Gasteiger partial charge >= 0.3 is 6.16 Å². The number of para-hydroxylation sites is 1. The first kappa shape index (κ1) is 27.6. The number of ether oxygens (including phenoxy) is 3. The van der Waals surface area contributed by atoms with Gasteiger partial charge in [-0.3, -0.25) is 9.59 Å². The summed E-state index contributed by atoms with van der Waals surface area (Å²) in [4.78, 5) is 40.1. The maximum Gasteiger partial charge on any atom is 0.511 e. The van der Waals surface area contributed by atoms with E-state index in [0.29, 0.717) is 17.0 Å². The van der Waals surface area contributed by atoms with Crippen LogP contribution in [0.25, 0.3) is 0 Å². The Bertz CT molecular complexity index is 1300. The molecule has 3 aromatic rings. The average molecular weight is 521 g/mol. The Balaban J connectivity index is 1.58. The molecular weight excluding hydrogens is 492 g/mol. The van der Waals surface area contributed by atoms with E-state index in [1.54, 1.807) is 68.4 Å². The largest absolute Gasteiger partial charge is 0.511 e. The predicted molar refractivity (Wildman–Crippen MR) is 139 cm³/mol. The summed E-state index contributed by atoms with van der Waals surface area (Å²) >= 11 is 0. The highest BCUT2D eigenvalue weighted by molar-refractivity contribution is 5.99. The number of azo groups is 1. The van der Waals surface area contributed by atoms with E-state index >= 15 is 0 Å². The van der Waals surface area contributed by atoms with Crippen LogP contribution in [0, 0.1) is 0 Å². The quantitative estimate of drug-likeness (QED) is 0.196. The Morgan fingerprint density at radius 3 is 2.29 bits per heavy atom. The highest BCUT2D eigenvalue weighted by atomic mass is 16.8. The van der Waals surface area contributed by atoms with Gasteiger partial charge in [0.2, 0.25) is 12.2 Å². The molecule has 1 atom stereocenters. The second-order valence-electron chi connectivity index (χ2n) is 8.09. The molecule has 0 bridgehead atoms. The topological polar surface area (TPSA) is 167 Å². The first-order valence-corrected chi connectivity index (χ1v) is 11.7. The summed E-state index contributed by atoms with van der Waals surface area (Å²) in [5.41, 5.74) is 7.03. The van der Waals surface area contributed by atoms with Crippen LogP contribution in [0.15, 0.2) is 77.0 Å². The van der Waals surface area contributed by atoms with E-state index in [1.807, 2.05) is 0 Å². The standard InChI is InChI=1S/C26H28N6O6/c1-16(2)36-26(35)38-17(3)37-21-12-8-7-11-19(21)31-32-20-13-14-22(30-24(20)27)29-23(33)15-28-25(34)18-9-5-4-6-10-18/h4-14,16-17H,15H2,1-3H3,(H,28,34)(H3,27,29,30,33). The van der Waals surface area contributed by atoms with Crippen LogP contribution in [0.2, 0.25) is 0 Å². The fourth-order valence-corrected chi connectivity index (χ4v) is 2.97. The molecule has 0 radical (unpaired) electrons. The Kier molecular flexibility index (Phi) is 9.69. The number of nitrogen functional groups attached to an aromatic ring is 1. The zero-order chi connectivity index (χ0) is 27.5. The fourth-order valence-electron chi connectivity index (χ4n) is 2.97. The molecule has 3 rings (SSSR count). The minimum Gasteiger partial charge on any atom is -0.453 e. The van der Waals surface area contributed by atoms with Crippen molar-refractivity contribution in [3.05, 3.63) is 72.3 Å². The number of carbonyl (C=O) groups is 3. The SMILES string of the molecule is CC(C)OC(=O)OC(C)Oc1ccccc1N=Nc1ccc(NC(=O)CNC(=O)c2ccccc2)nc1N. The summed E-state index contributed by atoms with van der Waals surface area (Å²) in [6.07, 6.45) is -2.11. The lowest BCUT2D eigenvalue weighted by Gasteiger charge is -2.16. The van der Waals surface area contributed by atoms with Crippen molar-refractivity contribution in [2.75, 3.05) is 17.6 Å². The maximum absolute atomic E-state index is 12.2. The summed E-state index contributed by atoms with van der Waals surface area (Å²) in [7, 11) is 0. The molecule has 12 nitrogen and oxygen atoms in total. The first-order valence-electron chi connectivity index (χ1n) is 11.7. The number of nitrogens with two attached hydrogens (primary N) is 1. The third-order valence-electron chi connectivity index (χ3n) is 4.63. The second kappa shape index (κ2) is 13.3. The van der Waals surface area contributed by atoms with Crippen molar-refractivity contribution in [2.45, 2.75) is 33.2 Å². The van der Waals surface area contributed by atoms with Crippen LogP contribution in [0.3, 0.4) is 0 Å². The zero-order valence-electron chi connectivity index (χ0n) is 21.1. The van der Waals surface area contributed by atoms with E-state index in [2.05, 4.69) is 25.8 Å². The molecule has 0 fully saturated rings. The Morgan fingerprint density at radius 2 is 1.58 bits per heavy atom. The molecule has 0 aliphatic carbocycles. The third kappa shape index (κ3) is 8.59. The molecule has 4 N–H and O–H groups in total. The van der Waals surface area contributed by atoms with E-state index in [-0.39, 0.29) is 35.9 Å². The van der Waals surface area contributed by atoms with Crippen LogP contribution >= 0.6 is 0 Å². The van der Waals surface area contributed by atoms with E-state index in [4.69, 9.17) is 19.9 Å². The molecular formula is C26H28N6O6. The Labute approximate surface area is 219 Å². The number of amides is 2. The van der Waals surface area contributed by atoms with Gasteiger partial charge in [0.1, 0.15) is 17.2 Å². The number of benzene rings is 2. The summed E-state index contributed by atoms with van der Waals surface area (Å²) in [6.45, 7) is 4.70. The van der Waals surface area contributed by atoms with Gasteiger partial charge in [0.15, 0.2) is 11.6 Å². The summed E-state index contributed by atoms with van der Waals surface area (Å²) in [5.74, 6) is -0.330. The molecule has 0 saturated carbocycles. The lowest BCUT2D eigenvalue weighted by Crippen LogP contribution is -2.33. The highest BCUT2D eigenvalue weighted by Gasteiger charge is 2.15. The monoisotopic (exact) mass is 520 g/mol. The van der Waals surface area contributed by atoms with Gasteiger partial charge in [-0.1, -0.05) is 30.3 Å². The van der Waals surface area contributed by atoms with Crippen molar-refractivity contribution in [1.29, 1.82) is 0 Å². The van der Waals surface area contributed by atoms with Crippen molar-refractivity contribution >= 4 is 41.0 Å². The number of anilines is 2. The molecule has 2 amide bonds. The lowest BCUT2D eigenvalue weighted by molar-refractivity contribution is -0.115. The van der Waals surface area contributed by atoms with Gasteiger partial charge in [-0.15, -0.1) is 10.2 Å². The maximum atomic E-state index is 12.2. The summed E-state index contributed by atoms with van der Waals surface area (Å²) in [5, 5.41) is 13.4. The number of pyridine rings is 1. The van der Waals surface area contributed by atoms with Gasteiger partial charge in [0.25, 0.3) is 5.91 Å². The molecule has 1 heterocycles. The number of carbonyl (C=O) groups excluding carboxylic acids is 3. The highest BCUT2D eigenvalue weighted by Crippen LogP contribution is 2.31. The van der Waals surface area contributed by atoms with Crippen molar-refractivity contribution < 1.29 is 28.6 Å². The fraction of sp³-hybridized carbons (Fsp3) is 0.231. The van der Waals surface area contributed by atoms with Crippen LogP contribution < -0.4 is 21.1 Å². The number of hydrogen-bond acceptors (Lipinski definition) is 10. The molecule has 1 unspecified atom stereocenters. The molecule has 1 aromatic heterocycles. The van der Waals surface area contributed by atoms with Crippen LogP contribution in [0.5, 0.6) is 5.75 Å². The normalized spacial score (nSPS) is 11.6. The molecule has 2 aromatic carbocycles. The van der Waals surface area contributed by atoms with Gasteiger partial charge < -0.3 is 30.6 Å². The number of hydrogen-bond donors (Lipinski definition) is 3. The average Bonchev–Trinajstić information content (AvgIpc) is 2.87. The summed E-state index contributed by atoms with van der Waals surface area (Å²) < 4.78 is 15.6. The van der Waals surface area contributed by atoms with Gasteiger partial charge in [-0.05, 0) is 50.2 Å². The van der Waals surface area contributed by atoms with Crippen molar-refractivity contribution in [1.82, 2.24) is 10.3 Å². The number of aromatic nitrogens is 1. The first-order chi connectivity index (χ1) is 18.2. The summed E-state index contributed by atoms with van der Waals surface area (Å²) in [6, 6.07) is 18.3. The second-order valence-corrected chi connectivity index (χ2v) is 8.09. The van der Waals surface area contributed by atoms with Crippen LogP contribution in [0.4, 0.5) is 27.8 Å². The van der Waals surface area contributed by atoms with Crippen LogP contribution in [0.1, 0.15) is 31.1 Å². The predicted octanol–water partition coefficient (Wildman–Crippen LogP) is 4.73. The van der Waals surface area contributed by atoms with Gasteiger partial charge in [0, 0.05) is 12.5 Å². The minimum absolute atomic E-state index is 0.0198. The molecule has 0 aliphatic rings. The van der Waals surface area contributed by atoms with Crippen molar-refractivity contribution in [2.24, 2.45) is 10.2 Å². The minimum atomic E-state index is -0.940. The zero-order valence-corrected chi connectivity index (χ0v) is 21.1. The molecule has 0 aliphatic heterocycles.